The van der Waals surface area contributed by atoms with Gasteiger partial charge < -0.3 is 52.7 Å². The molecule has 0 fully saturated rings. The van der Waals surface area contributed by atoms with Crippen molar-refractivity contribution in [2.75, 3.05) is 36.0 Å². The van der Waals surface area contributed by atoms with Crippen LogP contribution in [-0.4, -0.2) is 109 Å². The average molecular weight is 1030 g/mol. The Labute approximate surface area is 433 Å². The number of hydrogen-bond donors (Lipinski definition) is 8. The number of nitrogens with zero attached hydrogens (tertiary/aromatic N) is 6. The SMILES string of the molecule is CCc1nccn1-c1ccncc1NC(=O)c1nc(-c2ccc(CCNC(=O)OCc3ccc(NC(=O)[C@H](CCCNC(N)=O)NC(=O)[C@@H](NC(=O)CCCCCN4C(=O)C=CC4=O)C(C)C)cc3)cc2)cnc1N. The fraction of sp³-hybridized carbons (Fsp3) is 0.346. The van der Waals surface area contributed by atoms with Gasteiger partial charge in [0.15, 0.2) is 11.5 Å². The molecule has 1 aliphatic heterocycles. The van der Waals surface area contributed by atoms with Gasteiger partial charge in [0.1, 0.15) is 24.5 Å². The van der Waals surface area contributed by atoms with E-state index in [-0.39, 0.29) is 74.2 Å². The number of hydrogen-bond acceptors (Lipinski definition) is 14. The maximum atomic E-state index is 13.6. The molecular weight excluding hydrogens is 965 g/mol. The predicted molar refractivity (Wildman–Crippen MR) is 277 cm³/mol. The lowest BCUT2D eigenvalue weighted by atomic mass is 10.0. The van der Waals surface area contributed by atoms with E-state index < -0.39 is 41.9 Å². The van der Waals surface area contributed by atoms with Crippen LogP contribution in [-0.2, 0) is 48.2 Å². The van der Waals surface area contributed by atoms with Gasteiger partial charge in [0.2, 0.25) is 17.7 Å². The normalized spacial score (nSPS) is 12.7. The number of aromatic nitrogens is 5. The van der Waals surface area contributed by atoms with Gasteiger partial charge in [-0.3, -0.25) is 38.7 Å². The average Bonchev–Trinajstić information content (AvgIpc) is 4.01. The van der Waals surface area contributed by atoms with Crippen LogP contribution in [0, 0.1) is 5.92 Å². The molecule has 1 aliphatic rings. The molecule has 75 heavy (non-hydrogen) atoms. The summed E-state index contributed by atoms with van der Waals surface area (Å²) in [6.45, 7) is 6.13. The minimum atomic E-state index is -1.05. The van der Waals surface area contributed by atoms with Gasteiger partial charge in [0.25, 0.3) is 17.7 Å². The number of rotatable bonds is 26. The molecule has 0 spiro atoms. The number of unbranched alkanes of at least 4 members (excludes halogenated alkanes) is 2. The largest absolute Gasteiger partial charge is 0.445 e. The Morgan fingerprint density at radius 2 is 1.51 bits per heavy atom. The standard InChI is InChI=1S/C52H62N14O9/c1-4-41-56-26-28-65(41)40-22-24-55-29-39(40)63-50(72)46-47(53)59-30-38(61-46)35-15-11-33(12-16-35)21-25-58-52(74)75-31-34-13-17-36(18-14-34)60-48(70)37(9-8-23-57-51(54)73)62-49(71)45(32(2)3)64-42(67)10-6-5-7-27-66-43(68)19-20-44(66)69/h11-20,22,24,26,28-30,32,37,45H,4-10,21,23,25,27,31H2,1-3H3,(H2,53,59)(H,58,74)(H,60,70)(H,62,71)(H,63,72)(H,64,67)(H3,54,57,73)/t37-,45-/m0/s1. The van der Waals surface area contributed by atoms with Crippen molar-refractivity contribution in [1.29, 1.82) is 0 Å². The zero-order valence-corrected chi connectivity index (χ0v) is 42.0. The number of ether oxygens (including phenoxy) is 1. The first-order chi connectivity index (χ1) is 36.1. The lowest BCUT2D eigenvalue weighted by Gasteiger charge is -2.25. The third-order valence-corrected chi connectivity index (χ3v) is 11.9. The monoisotopic (exact) mass is 1030 g/mol. The molecule has 23 heteroatoms. The highest BCUT2D eigenvalue weighted by molar-refractivity contribution is 6.13. The first-order valence-electron chi connectivity index (χ1n) is 24.6. The third-order valence-electron chi connectivity index (χ3n) is 11.9. The van der Waals surface area contributed by atoms with Crippen LogP contribution < -0.4 is 43.4 Å². The summed E-state index contributed by atoms with van der Waals surface area (Å²) in [6, 6.07) is 13.0. The number of carbonyl (C=O) groups is 8. The van der Waals surface area contributed by atoms with Gasteiger partial charge >= 0.3 is 12.1 Å². The van der Waals surface area contributed by atoms with Gasteiger partial charge in [0, 0.05) is 74.5 Å². The molecule has 0 saturated carbocycles. The summed E-state index contributed by atoms with van der Waals surface area (Å²) < 4.78 is 7.28. The fourth-order valence-corrected chi connectivity index (χ4v) is 7.87. The highest BCUT2D eigenvalue weighted by Gasteiger charge is 2.29. The number of imidazole rings is 1. The maximum absolute atomic E-state index is 13.6. The molecule has 0 saturated heterocycles. The van der Waals surface area contributed by atoms with Gasteiger partial charge in [-0.15, -0.1) is 0 Å². The van der Waals surface area contributed by atoms with Crippen molar-refractivity contribution >= 4 is 64.8 Å². The first kappa shape index (κ1) is 55.3. The lowest BCUT2D eigenvalue weighted by Crippen LogP contribution is -2.54. The zero-order valence-electron chi connectivity index (χ0n) is 42.0. The van der Waals surface area contributed by atoms with E-state index in [1.54, 1.807) is 62.8 Å². The molecule has 6 rings (SSSR count). The Morgan fingerprint density at radius 3 is 2.21 bits per heavy atom. The van der Waals surface area contributed by atoms with E-state index in [2.05, 4.69) is 51.8 Å². The molecule has 2 aromatic carbocycles. The van der Waals surface area contributed by atoms with Crippen LogP contribution >= 0.6 is 0 Å². The van der Waals surface area contributed by atoms with Crippen LogP contribution in [0.15, 0.2) is 97.7 Å². The Bertz CT molecular complexity index is 2850. The number of alkyl carbamates (subject to hydrolysis) is 1. The molecule has 10 N–H and O–H groups in total. The van der Waals surface area contributed by atoms with Gasteiger partial charge in [-0.2, -0.15) is 0 Å². The van der Waals surface area contributed by atoms with Crippen LogP contribution in [0.1, 0.15) is 86.7 Å². The Kier molecular flexibility index (Phi) is 20.0. The van der Waals surface area contributed by atoms with E-state index in [0.717, 1.165) is 16.3 Å². The van der Waals surface area contributed by atoms with Gasteiger partial charge in [-0.25, -0.2) is 24.5 Å². The summed E-state index contributed by atoms with van der Waals surface area (Å²) in [5.41, 5.74) is 15.5. The second kappa shape index (κ2) is 27.2. The van der Waals surface area contributed by atoms with Crippen molar-refractivity contribution in [2.45, 2.75) is 90.8 Å². The number of aryl methyl sites for hydroxylation is 1. The number of urea groups is 1. The smallest absolute Gasteiger partial charge is 0.407 e. The van der Waals surface area contributed by atoms with E-state index in [1.807, 2.05) is 35.8 Å². The quantitative estimate of drug-likeness (QED) is 0.0286. The number of benzene rings is 2. The number of anilines is 3. The molecule has 5 aromatic rings. The highest BCUT2D eigenvalue weighted by Crippen LogP contribution is 2.24. The van der Waals surface area contributed by atoms with E-state index in [1.165, 1.54) is 24.5 Å². The molecule has 4 heterocycles. The fourth-order valence-electron chi connectivity index (χ4n) is 7.87. The van der Waals surface area contributed by atoms with Crippen molar-refractivity contribution in [1.82, 2.24) is 50.7 Å². The number of nitrogens with two attached hydrogens (primary N) is 2. The van der Waals surface area contributed by atoms with Crippen molar-refractivity contribution in [3.05, 3.63) is 120 Å². The number of amides is 9. The molecule has 0 aliphatic carbocycles. The van der Waals surface area contributed by atoms with Crippen LogP contribution in [0.5, 0.6) is 0 Å². The molecule has 0 radical (unpaired) electrons. The number of nitrogens with one attached hydrogen (secondary N) is 6. The molecule has 394 valence electrons. The van der Waals surface area contributed by atoms with Crippen LogP contribution in [0.3, 0.4) is 0 Å². The Hall–Kier alpha value is -9.02. The summed E-state index contributed by atoms with van der Waals surface area (Å²) in [5, 5.41) is 16.4. The van der Waals surface area contributed by atoms with Gasteiger partial charge in [0.05, 0.1) is 29.5 Å². The summed E-state index contributed by atoms with van der Waals surface area (Å²) in [7, 11) is 0. The predicted octanol–water partition coefficient (Wildman–Crippen LogP) is 4.09. The maximum Gasteiger partial charge on any atom is 0.407 e. The number of pyridine rings is 1. The van der Waals surface area contributed by atoms with E-state index in [9.17, 15) is 38.4 Å². The zero-order chi connectivity index (χ0) is 53.9. The number of carbonyl (C=O) groups excluding carboxylic acids is 8. The summed E-state index contributed by atoms with van der Waals surface area (Å²) >= 11 is 0. The van der Waals surface area contributed by atoms with Crippen LogP contribution in [0.25, 0.3) is 16.9 Å². The minimum absolute atomic E-state index is 0.0379. The molecule has 0 bridgehead atoms. The molecule has 3 aromatic heterocycles. The van der Waals surface area contributed by atoms with Crippen LogP contribution in [0.4, 0.5) is 26.8 Å². The van der Waals surface area contributed by atoms with E-state index in [0.29, 0.717) is 72.4 Å². The summed E-state index contributed by atoms with van der Waals surface area (Å²) in [5.74, 6) is -2.31. The number of nitrogen functional groups attached to an aromatic ring is 1. The second-order valence-electron chi connectivity index (χ2n) is 17.8. The minimum Gasteiger partial charge on any atom is -0.445 e. The highest BCUT2D eigenvalue weighted by atomic mass is 16.5. The molecule has 2 atom stereocenters. The lowest BCUT2D eigenvalue weighted by molar-refractivity contribution is -0.137. The van der Waals surface area contributed by atoms with E-state index >= 15 is 0 Å². The molecule has 9 amide bonds. The van der Waals surface area contributed by atoms with Gasteiger partial charge in [-0.05, 0) is 67.3 Å². The van der Waals surface area contributed by atoms with Crippen molar-refractivity contribution < 1.29 is 43.1 Å². The first-order valence-corrected chi connectivity index (χ1v) is 24.6. The Balaban J connectivity index is 0.939. The van der Waals surface area contributed by atoms with Crippen molar-refractivity contribution in [2.24, 2.45) is 11.7 Å². The van der Waals surface area contributed by atoms with Crippen molar-refractivity contribution in [3.63, 3.8) is 0 Å². The number of primary amides is 1. The van der Waals surface area contributed by atoms with E-state index in [4.69, 9.17) is 16.2 Å². The number of imide groups is 1. The third kappa shape index (κ3) is 16.2. The molecule has 23 nitrogen and oxygen atoms in total. The molecular formula is C52H62N14O9. The topological polar surface area (TPSA) is 330 Å². The van der Waals surface area contributed by atoms with Crippen molar-refractivity contribution in [3.8, 4) is 16.9 Å². The summed E-state index contributed by atoms with van der Waals surface area (Å²) in [6.07, 6.45) is 13.2. The van der Waals surface area contributed by atoms with Gasteiger partial charge in [-0.1, -0.05) is 63.6 Å². The van der Waals surface area contributed by atoms with Crippen LogP contribution in [0.2, 0.25) is 0 Å². The summed E-state index contributed by atoms with van der Waals surface area (Å²) in [4.78, 5) is 119. The Morgan fingerprint density at radius 1 is 0.773 bits per heavy atom. The second-order valence-corrected chi connectivity index (χ2v) is 17.8. The molecule has 0 unspecified atom stereocenters.